The molecule has 186 valence electrons. The van der Waals surface area contributed by atoms with Crippen LogP contribution in [0.2, 0.25) is 0 Å². The van der Waals surface area contributed by atoms with Gasteiger partial charge in [-0.1, -0.05) is 25.9 Å². The van der Waals surface area contributed by atoms with Crippen LogP contribution in [0.5, 0.6) is 0 Å². The Balaban J connectivity index is 1.33. The minimum Gasteiger partial charge on any atom is -0.368 e. The fourth-order valence-corrected chi connectivity index (χ4v) is 4.41. The standard InChI is InChI=1S/C27H31N7O2/c1-18-17-33(21-8-6-20(7-9-21)24-30-25(36-31-24)27(2,3)4)14-15-34(18)26-29-22(16-23(35)32(26)5)19-10-12-28-13-11-19/h6-13,16,18H,14-15,17H2,1-5H3/t18-/m1/s1. The van der Waals surface area contributed by atoms with Crippen molar-refractivity contribution < 1.29 is 4.52 Å². The summed E-state index contributed by atoms with van der Waals surface area (Å²) in [6, 6.07) is 13.8. The average Bonchev–Trinajstić information content (AvgIpc) is 3.38. The molecule has 3 aromatic heterocycles. The number of aromatic nitrogens is 5. The third-order valence-corrected chi connectivity index (χ3v) is 6.53. The molecule has 36 heavy (non-hydrogen) atoms. The molecule has 1 aromatic carbocycles. The van der Waals surface area contributed by atoms with Crippen LogP contribution >= 0.6 is 0 Å². The lowest BCUT2D eigenvalue weighted by molar-refractivity contribution is 0.321. The summed E-state index contributed by atoms with van der Waals surface area (Å²) in [5.74, 6) is 1.91. The lowest BCUT2D eigenvalue weighted by Crippen LogP contribution is -2.53. The molecular weight excluding hydrogens is 454 g/mol. The number of hydrogen-bond donors (Lipinski definition) is 0. The predicted octanol–water partition coefficient (Wildman–Crippen LogP) is 3.90. The monoisotopic (exact) mass is 485 g/mol. The number of hydrogen-bond acceptors (Lipinski definition) is 8. The molecule has 0 spiro atoms. The van der Waals surface area contributed by atoms with Crippen LogP contribution in [-0.4, -0.2) is 50.4 Å². The molecule has 4 aromatic rings. The van der Waals surface area contributed by atoms with Crippen LogP contribution in [0.15, 0.2) is 64.2 Å². The molecular formula is C27H31N7O2. The lowest BCUT2D eigenvalue weighted by Gasteiger charge is -2.42. The third kappa shape index (κ3) is 4.60. The second-order valence-electron chi connectivity index (χ2n) is 10.3. The number of rotatable bonds is 4. The van der Waals surface area contributed by atoms with E-state index < -0.39 is 0 Å². The van der Waals surface area contributed by atoms with Gasteiger partial charge in [0.1, 0.15) is 0 Å². The van der Waals surface area contributed by atoms with Crippen molar-refractivity contribution in [2.45, 2.75) is 39.2 Å². The van der Waals surface area contributed by atoms with E-state index in [1.165, 1.54) is 0 Å². The van der Waals surface area contributed by atoms with Gasteiger partial charge in [0.2, 0.25) is 17.7 Å². The van der Waals surface area contributed by atoms with E-state index in [0.29, 0.717) is 23.4 Å². The third-order valence-electron chi connectivity index (χ3n) is 6.53. The van der Waals surface area contributed by atoms with Crippen LogP contribution in [0, 0.1) is 0 Å². The normalized spacial score (nSPS) is 16.4. The average molecular weight is 486 g/mol. The molecule has 4 heterocycles. The van der Waals surface area contributed by atoms with Crippen molar-refractivity contribution in [1.29, 1.82) is 0 Å². The zero-order valence-corrected chi connectivity index (χ0v) is 21.3. The number of pyridine rings is 1. The van der Waals surface area contributed by atoms with E-state index in [9.17, 15) is 4.79 Å². The van der Waals surface area contributed by atoms with Crippen LogP contribution in [0.1, 0.15) is 33.6 Å². The molecule has 9 nitrogen and oxygen atoms in total. The fraction of sp³-hybridized carbons (Fsp3) is 0.370. The molecule has 0 unspecified atom stereocenters. The molecule has 1 atom stereocenters. The Kier molecular flexibility index (Phi) is 6.07. The van der Waals surface area contributed by atoms with E-state index in [2.05, 4.69) is 64.8 Å². The van der Waals surface area contributed by atoms with Crippen molar-refractivity contribution in [3.63, 3.8) is 0 Å². The zero-order valence-electron chi connectivity index (χ0n) is 21.3. The van der Waals surface area contributed by atoms with Crippen LogP contribution in [0.4, 0.5) is 11.6 Å². The second kappa shape index (κ2) is 9.22. The summed E-state index contributed by atoms with van der Waals surface area (Å²) >= 11 is 0. The van der Waals surface area contributed by atoms with E-state index in [0.717, 1.165) is 36.4 Å². The number of benzene rings is 1. The maximum atomic E-state index is 12.7. The van der Waals surface area contributed by atoms with Crippen molar-refractivity contribution in [3.05, 3.63) is 71.1 Å². The van der Waals surface area contributed by atoms with Crippen LogP contribution < -0.4 is 15.4 Å². The van der Waals surface area contributed by atoms with Gasteiger partial charge in [-0.25, -0.2) is 4.98 Å². The number of piperazine rings is 1. The Morgan fingerprint density at radius 3 is 2.33 bits per heavy atom. The van der Waals surface area contributed by atoms with E-state index in [1.807, 2.05) is 24.3 Å². The molecule has 0 amide bonds. The van der Waals surface area contributed by atoms with Gasteiger partial charge in [0, 0.05) is 73.4 Å². The van der Waals surface area contributed by atoms with E-state index in [4.69, 9.17) is 9.51 Å². The van der Waals surface area contributed by atoms with Gasteiger partial charge in [-0.3, -0.25) is 14.3 Å². The molecule has 0 bridgehead atoms. The smallest absolute Gasteiger partial charge is 0.255 e. The Morgan fingerprint density at radius 2 is 1.69 bits per heavy atom. The van der Waals surface area contributed by atoms with Gasteiger partial charge in [-0.2, -0.15) is 4.98 Å². The van der Waals surface area contributed by atoms with Crippen LogP contribution in [0.25, 0.3) is 22.6 Å². The number of nitrogens with zero attached hydrogens (tertiary/aromatic N) is 7. The summed E-state index contributed by atoms with van der Waals surface area (Å²) in [6.07, 6.45) is 3.42. The summed E-state index contributed by atoms with van der Waals surface area (Å²) in [5, 5.41) is 4.15. The Bertz CT molecular complexity index is 1400. The number of anilines is 2. The summed E-state index contributed by atoms with van der Waals surface area (Å²) in [7, 11) is 1.78. The Labute approximate surface area is 210 Å². The van der Waals surface area contributed by atoms with E-state index in [1.54, 1.807) is 30.1 Å². The lowest BCUT2D eigenvalue weighted by atomic mass is 9.97. The van der Waals surface area contributed by atoms with Crippen LogP contribution in [0.3, 0.4) is 0 Å². The molecule has 1 aliphatic rings. The highest BCUT2D eigenvalue weighted by Crippen LogP contribution is 2.28. The quantitative estimate of drug-likeness (QED) is 0.430. The van der Waals surface area contributed by atoms with Gasteiger partial charge in [0.05, 0.1) is 5.69 Å². The first-order chi connectivity index (χ1) is 17.2. The molecule has 1 aliphatic heterocycles. The van der Waals surface area contributed by atoms with Gasteiger partial charge >= 0.3 is 0 Å². The molecule has 0 radical (unpaired) electrons. The largest absolute Gasteiger partial charge is 0.368 e. The minimum absolute atomic E-state index is 0.0758. The van der Waals surface area contributed by atoms with Crippen LogP contribution in [-0.2, 0) is 12.5 Å². The van der Waals surface area contributed by atoms with Gasteiger partial charge in [-0.05, 0) is 43.3 Å². The molecule has 9 heteroatoms. The van der Waals surface area contributed by atoms with E-state index in [-0.39, 0.29) is 17.0 Å². The molecule has 1 saturated heterocycles. The molecule has 0 aliphatic carbocycles. The first kappa shape index (κ1) is 23.7. The summed E-state index contributed by atoms with van der Waals surface area (Å²) in [4.78, 5) is 30.8. The predicted molar refractivity (Wildman–Crippen MR) is 140 cm³/mol. The second-order valence-corrected chi connectivity index (χ2v) is 10.3. The van der Waals surface area contributed by atoms with Gasteiger partial charge < -0.3 is 14.3 Å². The summed E-state index contributed by atoms with van der Waals surface area (Å²) < 4.78 is 7.07. The van der Waals surface area contributed by atoms with Gasteiger partial charge in [0.25, 0.3) is 5.56 Å². The SMILES string of the molecule is C[C@@H]1CN(c2ccc(-c3noc(C(C)(C)C)n3)cc2)CCN1c1nc(-c2ccncc2)cc(=O)n1C. The summed E-state index contributed by atoms with van der Waals surface area (Å²) in [5.41, 5.74) is 3.35. The minimum atomic E-state index is -0.183. The maximum absolute atomic E-state index is 12.7. The maximum Gasteiger partial charge on any atom is 0.255 e. The van der Waals surface area contributed by atoms with Crippen molar-refractivity contribution in [1.82, 2.24) is 24.7 Å². The molecule has 5 rings (SSSR count). The van der Waals surface area contributed by atoms with Crippen molar-refractivity contribution in [2.75, 3.05) is 29.4 Å². The van der Waals surface area contributed by atoms with E-state index >= 15 is 0 Å². The zero-order chi connectivity index (χ0) is 25.4. The topological polar surface area (TPSA) is 93.2 Å². The van der Waals surface area contributed by atoms with Crippen molar-refractivity contribution >= 4 is 11.6 Å². The highest BCUT2D eigenvalue weighted by Gasteiger charge is 2.27. The molecule has 0 N–H and O–H groups in total. The molecule has 1 fully saturated rings. The first-order valence-corrected chi connectivity index (χ1v) is 12.2. The first-order valence-electron chi connectivity index (χ1n) is 12.2. The Morgan fingerprint density at radius 1 is 0.972 bits per heavy atom. The van der Waals surface area contributed by atoms with Crippen molar-refractivity contribution in [2.24, 2.45) is 7.05 Å². The van der Waals surface area contributed by atoms with Gasteiger partial charge in [0.15, 0.2) is 0 Å². The van der Waals surface area contributed by atoms with Gasteiger partial charge in [-0.15, -0.1) is 0 Å². The Hall–Kier alpha value is -4.01. The fourth-order valence-electron chi connectivity index (χ4n) is 4.41. The summed E-state index contributed by atoms with van der Waals surface area (Å²) in [6.45, 7) is 10.7. The van der Waals surface area contributed by atoms with Crippen molar-refractivity contribution in [3.8, 4) is 22.6 Å². The molecule has 0 saturated carbocycles. The highest BCUT2D eigenvalue weighted by molar-refractivity contribution is 5.62. The highest BCUT2D eigenvalue weighted by atomic mass is 16.5.